The Kier molecular flexibility index (Phi) is 5.02. The molecule has 1 aliphatic rings. The summed E-state index contributed by atoms with van der Waals surface area (Å²) in [5, 5.41) is 11.0. The molecule has 2 aromatic rings. The van der Waals surface area contributed by atoms with Gasteiger partial charge in [-0.2, -0.15) is 0 Å². The van der Waals surface area contributed by atoms with Gasteiger partial charge in [0.25, 0.3) is 0 Å². The summed E-state index contributed by atoms with van der Waals surface area (Å²) in [4.78, 5) is 12.0. The normalized spacial score (nSPS) is 18.7. The van der Waals surface area contributed by atoms with E-state index in [4.69, 9.17) is 9.15 Å². The predicted octanol–water partition coefficient (Wildman–Crippen LogP) is 2.35. The van der Waals surface area contributed by atoms with Crippen molar-refractivity contribution in [3.8, 4) is 11.5 Å². The predicted molar refractivity (Wildman–Crippen MR) is 84.6 cm³/mol. The van der Waals surface area contributed by atoms with Gasteiger partial charge < -0.3 is 14.5 Å². The molecular formula is C17H21N3O3. The lowest BCUT2D eigenvalue weighted by atomic mass is 10.1. The van der Waals surface area contributed by atoms with Crippen LogP contribution >= 0.6 is 0 Å². The SMILES string of the molecule is C[C@H](NC(=O)CCc1nnc(-c2ccccc2)o1)[C@@H]1CCCO1. The molecule has 122 valence electrons. The van der Waals surface area contributed by atoms with Gasteiger partial charge in [0.05, 0.1) is 12.1 Å². The van der Waals surface area contributed by atoms with E-state index >= 15 is 0 Å². The summed E-state index contributed by atoms with van der Waals surface area (Å²) < 4.78 is 11.2. The molecule has 23 heavy (non-hydrogen) atoms. The highest BCUT2D eigenvalue weighted by molar-refractivity contribution is 5.76. The minimum atomic E-state index is -0.0209. The van der Waals surface area contributed by atoms with Crippen LogP contribution in [0.1, 0.15) is 32.1 Å². The first-order valence-corrected chi connectivity index (χ1v) is 8.01. The maximum Gasteiger partial charge on any atom is 0.247 e. The van der Waals surface area contributed by atoms with Gasteiger partial charge in [-0.05, 0) is 31.9 Å². The van der Waals surface area contributed by atoms with E-state index in [1.807, 2.05) is 37.3 Å². The highest BCUT2D eigenvalue weighted by Crippen LogP contribution is 2.18. The smallest absolute Gasteiger partial charge is 0.247 e. The van der Waals surface area contributed by atoms with E-state index in [2.05, 4.69) is 15.5 Å². The molecule has 1 aromatic heterocycles. The van der Waals surface area contributed by atoms with Crippen LogP contribution in [0.4, 0.5) is 0 Å². The number of nitrogens with one attached hydrogen (secondary N) is 1. The quantitative estimate of drug-likeness (QED) is 0.885. The Labute approximate surface area is 135 Å². The van der Waals surface area contributed by atoms with Crippen molar-refractivity contribution in [3.63, 3.8) is 0 Å². The number of aryl methyl sites for hydroxylation is 1. The van der Waals surface area contributed by atoms with E-state index in [1.54, 1.807) is 0 Å². The molecule has 6 nitrogen and oxygen atoms in total. The van der Waals surface area contributed by atoms with Crippen LogP contribution < -0.4 is 5.32 Å². The molecule has 3 rings (SSSR count). The average molecular weight is 315 g/mol. The van der Waals surface area contributed by atoms with E-state index in [1.165, 1.54) is 0 Å². The second kappa shape index (κ2) is 7.37. The van der Waals surface area contributed by atoms with E-state index < -0.39 is 0 Å². The van der Waals surface area contributed by atoms with Gasteiger partial charge in [-0.15, -0.1) is 10.2 Å². The molecule has 1 aliphatic heterocycles. The summed E-state index contributed by atoms with van der Waals surface area (Å²) in [5.74, 6) is 0.935. The van der Waals surface area contributed by atoms with Crippen LogP contribution in [0.2, 0.25) is 0 Å². The molecule has 1 aromatic carbocycles. The van der Waals surface area contributed by atoms with Gasteiger partial charge in [0.1, 0.15) is 0 Å². The molecule has 2 atom stereocenters. The van der Waals surface area contributed by atoms with Crippen LogP contribution in [-0.4, -0.2) is 34.9 Å². The molecule has 0 spiro atoms. The zero-order valence-corrected chi connectivity index (χ0v) is 13.2. The average Bonchev–Trinajstić information content (AvgIpc) is 3.25. The van der Waals surface area contributed by atoms with Crippen LogP contribution in [0.3, 0.4) is 0 Å². The maximum atomic E-state index is 12.0. The number of hydrogen-bond acceptors (Lipinski definition) is 5. The number of ether oxygens (including phenoxy) is 1. The minimum absolute atomic E-state index is 0.0209. The first-order chi connectivity index (χ1) is 11.2. The largest absolute Gasteiger partial charge is 0.421 e. The summed E-state index contributed by atoms with van der Waals surface area (Å²) in [6, 6.07) is 9.62. The summed E-state index contributed by atoms with van der Waals surface area (Å²) in [5.41, 5.74) is 0.878. The lowest BCUT2D eigenvalue weighted by molar-refractivity contribution is -0.122. The van der Waals surface area contributed by atoms with E-state index in [0.717, 1.165) is 25.0 Å². The Morgan fingerprint density at radius 2 is 2.17 bits per heavy atom. The molecular weight excluding hydrogens is 294 g/mol. The van der Waals surface area contributed by atoms with Gasteiger partial charge >= 0.3 is 0 Å². The molecule has 1 N–H and O–H groups in total. The van der Waals surface area contributed by atoms with Gasteiger partial charge in [0.2, 0.25) is 17.7 Å². The second-order valence-electron chi connectivity index (χ2n) is 5.77. The van der Waals surface area contributed by atoms with Gasteiger partial charge in [0.15, 0.2) is 0 Å². The van der Waals surface area contributed by atoms with Crippen molar-refractivity contribution >= 4 is 5.91 Å². The number of rotatable bonds is 6. The zero-order chi connectivity index (χ0) is 16.1. The molecule has 0 unspecified atom stereocenters. The number of carbonyl (C=O) groups is 1. The number of amides is 1. The third-order valence-corrected chi connectivity index (χ3v) is 3.96. The van der Waals surface area contributed by atoms with Crippen molar-refractivity contribution in [2.24, 2.45) is 0 Å². The van der Waals surface area contributed by atoms with Crippen LogP contribution in [0, 0.1) is 0 Å². The lowest BCUT2D eigenvalue weighted by Gasteiger charge is -2.19. The van der Waals surface area contributed by atoms with Crippen molar-refractivity contribution in [2.45, 2.75) is 44.8 Å². The molecule has 1 saturated heterocycles. The molecule has 1 fully saturated rings. The Morgan fingerprint density at radius 3 is 2.91 bits per heavy atom. The summed E-state index contributed by atoms with van der Waals surface area (Å²) in [7, 11) is 0. The fourth-order valence-electron chi connectivity index (χ4n) is 2.69. The Balaban J connectivity index is 1.48. The van der Waals surface area contributed by atoms with Crippen molar-refractivity contribution < 1.29 is 13.9 Å². The van der Waals surface area contributed by atoms with Crippen LogP contribution in [0.15, 0.2) is 34.7 Å². The number of nitrogens with zero attached hydrogens (tertiary/aromatic N) is 2. The van der Waals surface area contributed by atoms with Gasteiger partial charge in [0, 0.05) is 25.0 Å². The highest BCUT2D eigenvalue weighted by Gasteiger charge is 2.23. The summed E-state index contributed by atoms with van der Waals surface area (Å²) in [6.45, 7) is 2.77. The lowest BCUT2D eigenvalue weighted by Crippen LogP contribution is -2.40. The maximum absolute atomic E-state index is 12.0. The van der Waals surface area contributed by atoms with Crippen molar-refractivity contribution in [1.82, 2.24) is 15.5 Å². The first-order valence-electron chi connectivity index (χ1n) is 8.01. The molecule has 1 amide bonds. The van der Waals surface area contributed by atoms with E-state index in [0.29, 0.717) is 24.6 Å². The molecule has 6 heteroatoms. The third-order valence-electron chi connectivity index (χ3n) is 3.96. The molecule has 0 aliphatic carbocycles. The third kappa shape index (κ3) is 4.16. The monoisotopic (exact) mass is 315 g/mol. The fourth-order valence-corrected chi connectivity index (χ4v) is 2.69. The fraction of sp³-hybridized carbons (Fsp3) is 0.471. The van der Waals surface area contributed by atoms with E-state index in [9.17, 15) is 4.79 Å². The minimum Gasteiger partial charge on any atom is -0.421 e. The van der Waals surface area contributed by atoms with Gasteiger partial charge in [-0.1, -0.05) is 18.2 Å². The molecule has 0 radical (unpaired) electrons. The van der Waals surface area contributed by atoms with Crippen molar-refractivity contribution in [1.29, 1.82) is 0 Å². The second-order valence-corrected chi connectivity index (χ2v) is 5.77. The number of carbonyl (C=O) groups excluding carboxylic acids is 1. The number of aromatic nitrogens is 2. The molecule has 2 heterocycles. The molecule has 0 bridgehead atoms. The first kappa shape index (κ1) is 15.7. The van der Waals surface area contributed by atoms with Crippen LogP contribution in [0.25, 0.3) is 11.5 Å². The Hall–Kier alpha value is -2.21. The zero-order valence-electron chi connectivity index (χ0n) is 13.2. The Morgan fingerprint density at radius 1 is 1.35 bits per heavy atom. The highest BCUT2D eigenvalue weighted by atomic mass is 16.5. The van der Waals surface area contributed by atoms with Crippen LogP contribution in [0.5, 0.6) is 0 Å². The van der Waals surface area contributed by atoms with Crippen molar-refractivity contribution in [3.05, 3.63) is 36.2 Å². The van der Waals surface area contributed by atoms with Crippen LogP contribution in [-0.2, 0) is 16.0 Å². The number of benzene rings is 1. The summed E-state index contributed by atoms with van der Waals surface area (Å²) >= 11 is 0. The molecule has 0 saturated carbocycles. The topological polar surface area (TPSA) is 77.3 Å². The van der Waals surface area contributed by atoms with E-state index in [-0.39, 0.29) is 18.1 Å². The van der Waals surface area contributed by atoms with Gasteiger partial charge in [-0.25, -0.2) is 0 Å². The Bertz CT molecular complexity index is 636. The standard InChI is InChI=1S/C17H21N3O3/c1-12(14-8-5-11-22-14)18-15(21)9-10-16-19-20-17(23-16)13-6-3-2-4-7-13/h2-4,6-7,12,14H,5,8-11H2,1H3,(H,18,21)/t12-,14-/m0/s1. The van der Waals surface area contributed by atoms with Gasteiger partial charge in [-0.3, -0.25) is 4.79 Å². The summed E-state index contributed by atoms with van der Waals surface area (Å²) in [6.07, 6.45) is 2.96. The van der Waals surface area contributed by atoms with Crippen molar-refractivity contribution in [2.75, 3.05) is 6.61 Å². The number of hydrogen-bond donors (Lipinski definition) is 1.